The van der Waals surface area contributed by atoms with Gasteiger partial charge in [0.25, 0.3) is 0 Å². The Balaban J connectivity index is 2.22. The molecule has 3 nitrogen and oxygen atoms in total. The van der Waals surface area contributed by atoms with Crippen LogP contribution < -0.4 is 4.74 Å². The van der Waals surface area contributed by atoms with Crippen molar-refractivity contribution in [3.63, 3.8) is 0 Å². The minimum atomic E-state index is 0.510. The van der Waals surface area contributed by atoms with Crippen molar-refractivity contribution in [2.45, 2.75) is 6.92 Å². The minimum Gasteiger partial charge on any atom is -0.497 e. The molecule has 96 valence electrons. The van der Waals surface area contributed by atoms with Crippen molar-refractivity contribution in [2.24, 2.45) is 0 Å². The summed E-state index contributed by atoms with van der Waals surface area (Å²) in [6.45, 7) is 2.05. The van der Waals surface area contributed by atoms with Gasteiger partial charge in [-0.25, -0.2) is 4.98 Å². The molecule has 3 rings (SSSR count). The second-order valence-electron chi connectivity index (χ2n) is 4.41. The van der Waals surface area contributed by atoms with Gasteiger partial charge < -0.3 is 4.74 Å². The van der Waals surface area contributed by atoms with Crippen molar-refractivity contribution < 1.29 is 4.74 Å². The molecule has 0 aliphatic rings. The van der Waals surface area contributed by atoms with E-state index < -0.39 is 0 Å². The summed E-state index contributed by atoms with van der Waals surface area (Å²) in [7, 11) is 1.65. The van der Waals surface area contributed by atoms with Crippen LogP contribution in [0.2, 0.25) is 5.15 Å². The monoisotopic (exact) mass is 272 g/mol. The number of benzene rings is 1. The van der Waals surface area contributed by atoms with Crippen molar-refractivity contribution in [3.8, 4) is 17.0 Å². The normalized spacial score (nSPS) is 10.9. The van der Waals surface area contributed by atoms with Crippen LogP contribution >= 0.6 is 11.6 Å². The zero-order valence-corrected chi connectivity index (χ0v) is 11.5. The summed E-state index contributed by atoms with van der Waals surface area (Å²) in [5, 5.41) is 0.510. The Hall–Kier alpha value is -2.00. The maximum atomic E-state index is 6.26. The van der Waals surface area contributed by atoms with Gasteiger partial charge in [0.1, 0.15) is 11.4 Å². The molecule has 3 aromatic rings. The number of imidazole rings is 1. The van der Waals surface area contributed by atoms with Gasteiger partial charge >= 0.3 is 0 Å². The standard InChI is InChI=1S/C15H13ClN2O/c1-10-3-8-13-17-15(16)14(18(13)9-10)11-4-6-12(19-2)7-5-11/h3-9H,1-2H3. The number of aromatic nitrogens is 2. The number of hydrogen-bond donors (Lipinski definition) is 0. The molecule has 0 bridgehead atoms. The fourth-order valence-corrected chi connectivity index (χ4v) is 2.42. The summed E-state index contributed by atoms with van der Waals surface area (Å²) >= 11 is 6.26. The highest BCUT2D eigenvalue weighted by Gasteiger charge is 2.12. The molecule has 2 aromatic heterocycles. The summed E-state index contributed by atoms with van der Waals surface area (Å²) in [5.41, 5.74) is 3.93. The molecule has 0 saturated heterocycles. The van der Waals surface area contributed by atoms with Crippen molar-refractivity contribution in [1.29, 1.82) is 0 Å². The first kappa shape index (κ1) is 12.1. The Morgan fingerprint density at radius 3 is 2.53 bits per heavy atom. The Bertz CT molecular complexity index is 732. The Morgan fingerprint density at radius 2 is 1.84 bits per heavy atom. The third-order valence-corrected chi connectivity index (χ3v) is 3.35. The molecule has 19 heavy (non-hydrogen) atoms. The predicted molar refractivity (Wildman–Crippen MR) is 76.9 cm³/mol. The molecular weight excluding hydrogens is 260 g/mol. The van der Waals surface area contributed by atoms with Crippen LogP contribution in [0.5, 0.6) is 5.75 Å². The van der Waals surface area contributed by atoms with Gasteiger partial charge in [0.2, 0.25) is 0 Å². The summed E-state index contributed by atoms with van der Waals surface area (Å²) in [4.78, 5) is 4.37. The number of halogens is 1. The Morgan fingerprint density at radius 1 is 1.11 bits per heavy atom. The molecule has 1 aromatic carbocycles. The number of nitrogens with zero attached hydrogens (tertiary/aromatic N) is 2. The van der Waals surface area contributed by atoms with Gasteiger partial charge in [0.15, 0.2) is 5.15 Å². The van der Waals surface area contributed by atoms with Crippen molar-refractivity contribution in [1.82, 2.24) is 9.38 Å². The smallest absolute Gasteiger partial charge is 0.156 e. The van der Waals surface area contributed by atoms with Crippen molar-refractivity contribution in [3.05, 3.63) is 53.3 Å². The predicted octanol–water partition coefficient (Wildman–Crippen LogP) is 3.97. The molecule has 4 heteroatoms. The lowest BCUT2D eigenvalue weighted by atomic mass is 10.1. The van der Waals surface area contributed by atoms with Gasteiger partial charge in [-0.05, 0) is 42.8 Å². The van der Waals surface area contributed by atoms with E-state index in [0.29, 0.717) is 5.15 Å². The zero-order valence-electron chi connectivity index (χ0n) is 10.7. The van der Waals surface area contributed by atoms with Crippen LogP contribution in [-0.2, 0) is 0 Å². The van der Waals surface area contributed by atoms with E-state index in [9.17, 15) is 0 Å². The molecular formula is C15H13ClN2O. The van der Waals surface area contributed by atoms with E-state index in [0.717, 1.165) is 28.2 Å². The summed E-state index contributed by atoms with van der Waals surface area (Å²) in [5.74, 6) is 0.824. The van der Waals surface area contributed by atoms with Crippen LogP contribution in [-0.4, -0.2) is 16.5 Å². The van der Waals surface area contributed by atoms with Crippen molar-refractivity contribution in [2.75, 3.05) is 7.11 Å². The zero-order chi connectivity index (χ0) is 13.4. The largest absolute Gasteiger partial charge is 0.497 e. The molecule has 0 saturated carbocycles. The average Bonchev–Trinajstić information content (AvgIpc) is 2.74. The SMILES string of the molecule is COc1ccc(-c2c(Cl)nc3ccc(C)cn23)cc1. The summed E-state index contributed by atoms with van der Waals surface area (Å²) < 4.78 is 7.18. The fourth-order valence-electron chi connectivity index (χ4n) is 2.13. The Labute approximate surface area is 116 Å². The van der Waals surface area contributed by atoms with E-state index in [-0.39, 0.29) is 0 Å². The second kappa shape index (κ2) is 4.59. The number of methoxy groups -OCH3 is 1. The van der Waals surface area contributed by atoms with Crippen molar-refractivity contribution >= 4 is 17.2 Å². The molecule has 0 fully saturated rings. The first-order chi connectivity index (χ1) is 9.19. The van der Waals surface area contributed by atoms with Gasteiger partial charge in [-0.2, -0.15) is 0 Å². The summed E-state index contributed by atoms with van der Waals surface area (Å²) in [6.07, 6.45) is 2.04. The molecule has 0 radical (unpaired) electrons. The van der Waals surface area contributed by atoms with E-state index in [1.54, 1.807) is 7.11 Å². The quantitative estimate of drug-likeness (QED) is 0.706. The fraction of sp³-hybridized carbons (Fsp3) is 0.133. The summed E-state index contributed by atoms with van der Waals surface area (Å²) in [6, 6.07) is 11.8. The van der Waals surface area contributed by atoms with E-state index in [2.05, 4.69) is 4.98 Å². The number of aryl methyl sites for hydroxylation is 1. The molecule has 0 N–H and O–H groups in total. The highest BCUT2D eigenvalue weighted by Crippen LogP contribution is 2.30. The van der Waals surface area contributed by atoms with Gasteiger partial charge in [-0.1, -0.05) is 17.7 Å². The number of rotatable bonds is 2. The van der Waals surface area contributed by atoms with Crippen LogP contribution in [0.15, 0.2) is 42.6 Å². The number of ether oxygens (including phenoxy) is 1. The third-order valence-electron chi connectivity index (χ3n) is 3.09. The van der Waals surface area contributed by atoms with Crippen LogP contribution in [0.4, 0.5) is 0 Å². The number of pyridine rings is 1. The van der Waals surface area contributed by atoms with E-state index >= 15 is 0 Å². The topological polar surface area (TPSA) is 26.5 Å². The maximum Gasteiger partial charge on any atom is 0.156 e. The van der Waals surface area contributed by atoms with E-state index in [1.165, 1.54) is 0 Å². The molecule has 0 spiro atoms. The van der Waals surface area contributed by atoms with Crippen LogP contribution in [0.1, 0.15) is 5.56 Å². The molecule has 0 aliphatic carbocycles. The third kappa shape index (κ3) is 2.06. The van der Waals surface area contributed by atoms with Crippen LogP contribution in [0.3, 0.4) is 0 Å². The maximum absolute atomic E-state index is 6.26. The number of hydrogen-bond acceptors (Lipinski definition) is 2. The first-order valence-electron chi connectivity index (χ1n) is 5.97. The lowest BCUT2D eigenvalue weighted by molar-refractivity contribution is 0.415. The van der Waals surface area contributed by atoms with Crippen LogP contribution in [0, 0.1) is 6.92 Å². The Kier molecular flexibility index (Phi) is 2.91. The van der Waals surface area contributed by atoms with E-state index in [1.807, 2.05) is 53.9 Å². The van der Waals surface area contributed by atoms with Crippen LogP contribution in [0.25, 0.3) is 16.9 Å². The highest BCUT2D eigenvalue weighted by molar-refractivity contribution is 6.32. The molecule has 0 unspecified atom stereocenters. The molecule has 0 amide bonds. The van der Waals surface area contributed by atoms with Gasteiger partial charge in [0.05, 0.1) is 12.8 Å². The lowest BCUT2D eigenvalue weighted by Crippen LogP contribution is -1.90. The molecule has 0 atom stereocenters. The lowest BCUT2D eigenvalue weighted by Gasteiger charge is -2.05. The first-order valence-corrected chi connectivity index (χ1v) is 6.35. The second-order valence-corrected chi connectivity index (χ2v) is 4.77. The molecule has 0 aliphatic heterocycles. The average molecular weight is 273 g/mol. The van der Waals surface area contributed by atoms with Gasteiger partial charge in [-0.3, -0.25) is 4.40 Å². The van der Waals surface area contributed by atoms with E-state index in [4.69, 9.17) is 16.3 Å². The van der Waals surface area contributed by atoms with Gasteiger partial charge in [-0.15, -0.1) is 0 Å². The minimum absolute atomic E-state index is 0.510. The molecule has 2 heterocycles. The number of fused-ring (bicyclic) bond motifs is 1. The highest BCUT2D eigenvalue weighted by atomic mass is 35.5. The van der Waals surface area contributed by atoms with Gasteiger partial charge in [0, 0.05) is 11.8 Å².